The molecule has 0 unspecified atom stereocenters. The smallest absolute Gasteiger partial charge is 0.129 e. The van der Waals surface area contributed by atoms with E-state index in [2.05, 4.69) is 16.9 Å². The average molecular weight is 177 g/mol. The number of aryl methyl sites for hydroxylation is 1. The molecule has 0 amide bonds. The first-order valence-corrected chi connectivity index (χ1v) is 5.15. The Labute approximate surface area is 78.2 Å². The molecule has 2 heterocycles. The van der Waals surface area contributed by atoms with Crippen LogP contribution >= 0.6 is 0 Å². The topological polar surface area (TPSA) is 29.9 Å². The van der Waals surface area contributed by atoms with Gasteiger partial charge in [-0.2, -0.15) is 0 Å². The Morgan fingerprint density at radius 3 is 3.00 bits per heavy atom. The van der Waals surface area contributed by atoms with Gasteiger partial charge in [0.15, 0.2) is 0 Å². The van der Waals surface area contributed by atoms with Gasteiger partial charge in [-0.1, -0.05) is 0 Å². The summed E-state index contributed by atoms with van der Waals surface area (Å²) in [5.74, 6) is 3.34. The van der Waals surface area contributed by atoms with E-state index in [9.17, 15) is 0 Å². The lowest BCUT2D eigenvalue weighted by Gasteiger charge is -2.14. The Balaban J connectivity index is 2.06. The Hall–Kier alpha value is -0.990. The van der Waals surface area contributed by atoms with Crippen molar-refractivity contribution in [3.63, 3.8) is 0 Å². The van der Waals surface area contributed by atoms with Crippen LogP contribution in [0.25, 0.3) is 0 Å². The largest absolute Gasteiger partial charge is 0.370 e. The van der Waals surface area contributed by atoms with E-state index in [1.165, 1.54) is 36.6 Å². The molecule has 2 aliphatic rings. The van der Waals surface area contributed by atoms with Gasteiger partial charge in [0.25, 0.3) is 0 Å². The Morgan fingerprint density at radius 1 is 1.46 bits per heavy atom. The molecule has 0 spiro atoms. The summed E-state index contributed by atoms with van der Waals surface area (Å²) >= 11 is 0. The lowest BCUT2D eigenvalue weighted by atomic mass is 10.2. The van der Waals surface area contributed by atoms with Gasteiger partial charge in [0.05, 0.1) is 5.69 Å². The first-order chi connectivity index (χ1) is 6.36. The third-order valence-electron chi connectivity index (χ3n) is 3.03. The summed E-state index contributed by atoms with van der Waals surface area (Å²) in [5, 5.41) is 3.43. The fraction of sp³-hybridized carbons (Fsp3) is 0.700. The van der Waals surface area contributed by atoms with Gasteiger partial charge in [0, 0.05) is 19.5 Å². The fourth-order valence-electron chi connectivity index (χ4n) is 2.14. The molecule has 13 heavy (non-hydrogen) atoms. The zero-order chi connectivity index (χ0) is 8.84. The summed E-state index contributed by atoms with van der Waals surface area (Å²) in [4.78, 5) is 4.71. The van der Waals surface area contributed by atoms with E-state index in [1.807, 2.05) is 0 Å². The third-order valence-corrected chi connectivity index (χ3v) is 3.03. The minimum atomic E-state index is 0.761. The highest BCUT2D eigenvalue weighted by molar-refractivity contribution is 5.46. The predicted molar refractivity (Wildman–Crippen MR) is 52.0 cm³/mol. The van der Waals surface area contributed by atoms with Gasteiger partial charge in [-0.25, -0.2) is 4.98 Å². The number of fused-ring (bicyclic) bond motifs is 1. The predicted octanol–water partition coefficient (Wildman–Crippen LogP) is 1.66. The van der Waals surface area contributed by atoms with Crippen molar-refractivity contribution in [3.8, 4) is 0 Å². The molecule has 1 aliphatic heterocycles. The molecular formula is C10H15N3. The number of nitrogens with zero attached hydrogens (tertiary/aromatic N) is 2. The number of aromatic nitrogens is 2. The molecule has 3 rings (SSSR count). The van der Waals surface area contributed by atoms with E-state index in [4.69, 9.17) is 4.98 Å². The SMILES string of the molecule is Cn1c(C2CC2)nc2c1NCCC2. The van der Waals surface area contributed by atoms with Crippen LogP contribution in [0.3, 0.4) is 0 Å². The molecule has 0 atom stereocenters. The maximum atomic E-state index is 4.71. The second-order valence-corrected chi connectivity index (χ2v) is 4.13. The molecule has 1 aromatic rings. The number of rotatable bonds is 1. The van der Waals surface area contributed by atoms with Crippen LogP contribution in [0.5, 0.6) is 0 Å². The van der Waals surface area contributed by atoms with E-state index < -0.39 is 0 Å². The van der Waals surface area contributed by atoms with E-state index in [0.717, 1.165) is 18.9 Å². The van der Waals surface area contributed by atoms with Crippen molar-refractivity contribution in [3.05, 3.63) is 11.5 Å². The highest BCUT2D eigenvalue weighted by Crippen LogP contribution is 2.41. The van der Waals surface area contributed by atoms with Crippen molar-refractivity contribution < 1.29 is 0 Å². The average Bonchev–Trinajstić information content (AvgIpc) is 2.94. The molecule has 3 heteroatoms. The van der Waals surface area contributed by atoms with Crippen molar-refractivity contribution in [2.24, 2.45) is 7.05 Å². The number of nitrogens with one attached hydrogen (secondary N) is 1. The highest BCUT2D eigenvalue weighted by atomic mass is 15.2. The van der Waals surface area contributed by atoms with Gasteiger partial charge in [-0.05, 0) is 25.7 Å². The van der Waals surface area contributed by atoms with Crippen molar-refractivity contribution in [2.45, 2.75) is 31.6 Å². The summed E-state index contributed by atoms with van der Waals surface area (Å²) < 4.78 is 2.26. The minimum absolute atomic E-state index is 0.761. The van der Waals surface area contributed by atoms with Gasteiger partial charge in [0.1, 0.15) is 11.6 Å². The normalized spacial score (nSPS) is 21.0. The molecule has 3 nitrogen and oxygen atoms in total. The van der Waals surface area contributed by atoms with E-state index in [0.29, 0.717) is 0 Å². The summed E-state index contributed by atoms with van der Waals surface area (Å²) in [6, 6.07) is 0. The van der Waals surface area contributed by atoms with E-state index >= 15 is 0 Å². The zero-order valence-corrected chi connectivity index (χ0v) is 8.01. The van der Waals surface area contributed by atoms with Gasteiger partial charge in [-0.3, -0.25) is 0 Å². The summed E-state index contributed by atoms with van der Waals surface area (Å²) in [6.45, 7) is 1.11. The molecule has 0 bridgehead atoms. The van der Waals surface area contributed by atoms with E-state index in [-0.39, 0.29) is 0 Å². The Kier molecular flexibility index (Phi) is 1.43. The Bertz CT molecular complexity index is 336. The van der Waals surface area contributed by atoms with Crippen molar-refractivity contribution >= 4 is 5.82 Å². The maximum Gasteiger partial charge on any atom is 0.129 e. The van der Waals surface area contributed by atoms with Crippen molar-refractivity contribution in [1.82, 2.24) is 9.55 Å². The minimum Gasteiger partial charge on any atom is -0.370 e. The van der Waals surface area contributed by atoms with Crippen LogP contribution in [0.2, 0.25) is 0 Å². The van der Waals surface area contributed by atoms with Gasteiger partial charge in [-0.15, -0.1) is 0 Å². The lowest BCUT2D eigenvalue weighted by molar-refractivity contribution is 0.783. The second kappa shape index (κ2) is 2.50. The second-order valence-electron chi connectivity index (χ2n) is 4.13. The van der Waals surface area contributed by atoms with Crippen molar-refractivity contribution in [1.29, 1.82) is 0 Å². The molecule has 1 N–H and O–H groups in total. The summed E-state index contributed by atoms with van der Waals surface area (Å²) in [6.07, 6.45) is 5.06. The highest BCUT2D eigenvalue weighted by Gasteiger charge is 2.30. The van der Waals surface area contributed by atoms with Crippen LogP contribution in [0, 0.1) is 0 Å². The molecule has 1 fully saturated rings. The van der Waals surface area contributed by atoms with Gasteiger partial charge in [0.2, 0.25) is 0 Å². The number of hydrogen-bond acceptors (Lipinski definition) is 2. The van der Waals surface area contributed by atoms with Gasteiger partial charge >= 0.3 is 0 Å². The molecule has 1 aromatic heterocycles. The monoisotopic (exact) mass is 177 g/mol. The lowest BCUT2D eigenvalue weighted by Crippen LogP contribution is -2.13. The van der Waals surface area contributed by atoms with Crippen LogP contribution in [0.4, 0.5) is 5.82 Å². The maximum absolute atomic E-state index is 4.71. The molecule has 0 radical (unpaired) electrons. The number of hydrogen-bond donors (Lipinski definition) is 1. The standard InChI is InChI=1S/C10H15N3/c1-13-9(7-4-5-7)12-8-3-2-6-11-10(8)13/h7,11H,2-6H2,1H3. The van der Waals surface area contributed by atoms with Gasteiger partial charge < -0.3 is 9.88 Å². The van der Waals surface area contributed by atoms with Crippen LogP contribution in [0.1, 0.15) is 36.7 Å². The first kappa shape index (κ1) is 7.42. The molecule has 1 aliphatic carbocycles. The summed E-state index contributed by atoms with van der Waals surface area (Å²) in [5.41, 5.74) is 1.29. The van der Waals surface area contributed by atoms with Crippen LogP contribution in [0.15, 0.2) is 0 Å². The first-order valence-electron chi connectivity index (χ1n) is 5.15. The summed E-state index contributed by atoms with van der Waals surface area (Å²) in [7, 11) is 2.14. The molecule has 1 saturated carbocycles. The molecular weight excluding hydrogens is 162 g/mol. The molecule has 0 saturated heterocycles. The van der Waals surface area contributed by atoms with E-state index in [1.54, 1.807) is 0 Å². The molecule has 0 aromatic carbocycles. The zero-order valence-electron chi connectivity index (χ0n) is 8.01. The van der Waals surface area contributed by atoms with Crippen molar-refractivity contribution in [2.75, 3.05) is 11.9 Å². The van der Waals surface area contributed by atoms with Crippen LogP contribution in [-0.4, -0.2) is 16.1 Å². The quantitative estimate of drug-likeness (QED) is 0.707. The van der Waals surface area contributed by atoms with Crippen LogP contribution < -0.4 is 5.32 Å². The molecule has 70 valence electrons. The Morgan fingerprint density at radius 2 is 2.31 bits per heavy atom. The number of imidazole rings is 1. The van der Waals surface area contributed by atoms with Crippen LogP contribution in [-0.2, 0) is 13.5 Å². The fourth-order valence-corrected chi connectivity index (χ4v) is 2.14. The third kappa shape index (κ3) is 1.06. The number of anilines is 1.